The van der Waals surface area contributed by atoms with Crippen LogP contribution in [0.2, 0.25) is 0 Å². The molecule has 0 aliphatic carbocycles. The summed E-state index contributed by atoms with van der Waals surface area (Å²) in [6.45, 7) is 12.2. The fourth-order valence-electron chi connectivity index (χ4n) is 4.20. The van der Waals surface area contributed by atoms with E-state index in [1.165, 1.54) is 5.69 Å². The van der Waals surface area contributed by atoms with Gasteiger partial charge in [-0.25, -0.2) is 0 Å². The van der Waals surface area contributed by atoms with E-state index < -0.39 is 5.60 Å². The van der Waals surface area contributed by atoms with Crippen molar-refractivity contribution in [2.75, 3.05) is 50.7 Å². The number of anilines is 1. The third-order valence-corrected chi connectivity index (χ3v) is 5.70. The molecular formula is C22H35N5O2. The predicted molar refractivity (Wildman–Crippen MR) is 117 cm³/mol. The largest absolute Gasteiger partial charge is 0.459 e. The zero-order chi connectivity index (χ0) is 21.0. The second-order valence-electron chi connectivity index (χ2n) is 9.08. The molecule has 2 saturated heterocycles. The molecule has 0 saturated carbocycles. The van der Waals surface area contributed by atoms with Gasteiger partial charge in [-0.05, 0) is 57.9 Å². The molecule has 0 spiro atoms. The molecule has 160 valence electrons. The summed E-state index contributed by atoms with van der Waals surface area (Å²) in [6, 6.07) is 8.56. The fraction of sp³-hybridized carbons (Fsp3) is 0.636. The van der Waals surface area contributed by atoms with Crippen molar-refractivity contribution in [3.8, 4) is 0 Å². The number of likely N-dealkylation sites (tertiary alicyclic amines) is 1. The van der Waals surface area contributed by atoms with Gasteiger partial charge in [0.15, 0.2) is 0 Å². The highest BCUT2D eigenvalue weighted by Crippen LogP contribution is 2.22. The van der Waals surface area contributed by atoms with Crippen molar-refractivity contribution in [3.05, 3.63) is 29.8 Å². The Hall–Kier alpha value is -2.12. The minimum absolute atomic E-state index is 0.111. The van der Waals surface area contributed by atoms with Crippen molar-refractivity contribution >= 4 is 17.5 Å². The van der Waals surface area contributed by atoms with Crippen LogP contribution in [-0.2, 0) is 9.53 Å². The van der Waals surface area contributed by atoms with E-state index in [0.717, 1.165) is 57.7 Å². The summed E-state index contributed by atoms with van der Waals surface area (Å²) in [7, 11) is 0. The Bertz CT molecular complexity index is 697. The van der Waals surface area contributed by atoms with Gasteiger partial charge in [-0.2, -0.15) is 0 Å². The number of amidine groups is 1. The number of nitrogens with one attached hydrogen (secondary N) is 1. The number of rotatable bonds is 5. The monoisotopic (exact) mass is 401 g/mol. The SMILES string of the molecule is CC(C)(C)OC(=O)CN1CCC(N2CCN(c3ccc(C(=N)N)cc3)CC2)CC1. The van der Waals surface area contributed by atoms with E-state index in [1.54, 1.807) is 0 Å². The second kappa shape index (κ2) is 9.13. The summed E-state index contributed by atoms with van der Waals surface area (Å²) >= 11 is 0. The van der Waals surface area contributed by atoms with Crippen molar-refractivity contribution in [2.45, 2.75) is 45.3 Å². The van der Waals surface area contributed by atoms with Crippen molar-refractivity contribution in [2.24, 2.45) is 5.73 Å². The van der Waals surface area contributed by atoms with Gasteiger partial charge in [0, 0.05) is 56.6 Å². The lowest BCUT2D eigenvalue weighted by Crippen LogP contribution is -2.53. The highest BCUT2D eigenvalue weighted by molar-refractivity contribution is 5.95. The summed E-state index contributed by atoms with van der Waals surface area (Å²) in [5.74, 6) is -0.0141. The minimum Gasteiger partial charge on any atom is -0.459 e. The van der Waals surface area contributed by atoms with Gasteiger partial charge < -0.3 is 15.4 Å². The fourth-order valence-corrected chi connectivity index (χ4v) is 4.20. The van der Waals surface area contributed by atoms with E-state index in [-0.39, 0.29) is 11.8 Å². The highest BCUT2D eigenvalue weighted by atomic mass is 16.6. The van der Waals surface area contributed by atoms with Gasteiger partial charge in [0.25, 0.3) is 0 Å². The first-order valence-corrected chi connectivity index (χ1v) is 10.6. The van der Waals surface area contributed by atoms with Gasteiger partial charge in [-0.1, -0.05) is 0 Å². The Labute approximate surface area is 174 Å². The number of hydrogen-bond donors (Lipinski definition) is 2. The Morgan fingerprint density at radius 3 is 2.17 bits per heavy atom. The molecule has 29 heavy (non-hydrogen) atoms. The first-order valence-electron chi connectivity index (χ1n) is 10.6. The number of nitrogen functional groups attached to an aromatic ring is 1. The molecule has 0 amide bonds. The van der Waals surface area contributed by atoms with E-state index >= 15 is 0 Å². The number of piperazine rings is 1. The normalized spacial score (nSPS) is 19.9. The van der Waals surface area contributed by atoms with Crippen molar-refractivity contribution in [3.63, 3.8) is 0 Å². The van der Waals surface area contributed by atoms with Gasteiger partial charge in [0.1, 0.15) is 11.4 Å². The number of nitrogens with zero attached hydrogens (tertiary/aromatic N) is 3. The molecule has 3 N–H and O–H groups in total. The molecule has 2 aliphatic rings. The first-order chi connectivity index (χ1) is 13.7. The molecule has 1 aromatic carbocycles. The van der Waals surface area contributed by atoms with Gasteiger partial charge in [-0.3, -0.25) is 20.0 Å². The molecule has 0 bridgehead atoms. The van der Waals surface area contributed by atoms with E-state index in [1.807, 2.05) is 32.9 Å². The average Bonchev–Trinajstić information content (AvgIpc) is 2.67. The van der Waals surface area contributed by atoms with Crippen molar-refractivity contribution in [1.29, 1.82) is 5.41 Å². The van der Waals surface area contributed by atoms with Gasteiger partial charge in [0.2, 0.25) is 0 Å². The maximum absolute atomic E-state index is 12.0. The van der Waals surface area contributed by atoms with Crippen LogP contribution in [0.3, 0.4) is 0 Å². The first kappa shape index (κ1) is 21.6. The smallest absolute Gasteiger partial charge is 0.320 e. The van der Waals surface area contributed by atoms with Crippen LogP contribution in [0, 0.1) is 5.41 Å². The summed E-state index contributed by atoms with van der Waals surface area (Å²) in [6.07, 6.45) is 2.21. The lowest BCUT2D eigenvalue weighted by Gasteiger charge is -2.43. The topological polar surface area (TPSA) is 85.9 Å². The average molecular weight is 402 g/mol. The number of ether oxygens (including phenoxy) is 1. The summed E-state index contributed by atoms with van der Waals surface area (Å²) < 4.78 is 5.44. The van der Waals surface area contributed by atoms with Crippen LogP contribution < -0.4 is 10.6 Å². The molecule has 0 radical (unpaired) electrons. The van der Waals surface area contributed by atoms with Crippen LogP contribution in [0.5, 0.6) is 0 Å². The van der Waals surface area contributed by atoms with E-state index in [2.05, 4.69) is 26.8 Å². The van der Waals surface area contributed by atoms with Gasteiger partial charge in [-0.15, -0.1) is 0 Å². The standard InChI is InChI=1S/C22H35N5O2/c1-22(2,3)29-20(28)16-25-10-8-19(9-11-25)27-14-12-26(13-15-27)18-6-4-17(5-7-18)21(23)24/h4-7,19H,8-16H2,1-3H3,(H3,23,24). The number of carbonyl (C=O) groups is 1. The Balaban J connectivity index is 1.42. The Kier molecular flexibility index (Phi) is 6.80. The maximum Gasteiger partial charge on any atom is 0.320 e. The van der Waals surface area contributed by atoms with Crippen LogP contribution in [0.25, 0.3) is 0 Å². The number of hydrogen-bond acceptors (Lipinski definition) is 6. The van der Waals surface area contributed by atoms with Crippen LogP contribution >= 0.6 is 0 Å². The molecule has 2 aliphatic heterocycles. The zero-order valence-electron chi connectivity index (χ0n) is 18.0. The van der Waals surface area contributed by atoms with E-state index in [9.17, 15) is 4.79 Å². The van der Waals surface area contributed by atoms with Gasteiger partial charge >= 0.3 is 5.97 Å². The Morgan fingerprint density at radius 2 is 1.66 bits per heavy atom. The quantitative estimate of drug-likeness (QED) is 0.445. The van der Waals surface area contributed by atoms with Crippen molar-refractivity contribution in [1.82, 2.24) is 9.80 Å². The molecule has 7 nitrogen and oxygen atoms in total. The third-order valence-electron chi connectivity index (χ3n) is 5.70. The van der Waals surface area contributed by atoms with Crippen LogP contribution in [0.1, 0.15) is 39.2 Å². The lowest BCUT2D eigenvalue weighted by atomic mass is 10.0. The summed E-state index contributed by atoms with van der Waals surface area (Å²) in [5.41, 5.74) is 7.09. The molecule has 2 heterocycles. The predicted octanol–water partition coefficient (Wildman–Crippen LogP) is 1.90. The molecule has 7 heteroatoms. The number of carbonyl (C=O) groups excluding carboxylic acids is 1. The van der Waals surface area contributed by atoms with Crippen LogP contribution in [-0.4, -0.2) is 79.1 Å². The number of benzene rings is 1. The van der Waals surface area contributed by atoms with E-state index in [0.29, 0.717) is 12.6 Å². The molecular weight excluding hydrogens is 366 g/mol. The molecule has 0 unspecified atom stereocenters. The molecule has 0 atom stereocenters. The lowest BCUT2D eigenvalue weighted by molar-refractivity contribution is -0.156. The molecule has 0 aromatic heterocycles. The minimum atomic E-state index is -0.415. The molecule has 1 aromatic rings. The van der Waals surface area contributed by atoms with Crippen LogP contribution in [0.4, 0.5) is 5.69 Å². The van der Waals surface area contributed by atoms with Crippen LogP contribution in [0.15, 0.2) is 24.3 Å². The summed E-state index contributed by atoms with van der Waals surface area (Å²) in [4.78, 5) is 19.3. The second-order valence-corrected chi connectivity index (χ2v) is 9.08. The number of esters is 1. The maximum atomic E-state index is 12.0. The molecule has 2 fully saturated rings. The van der Waals surface area contributed by atoms with Gasteiger partial charge in [0.05, 0.1) is 6.54 Å². The third kappa shape index (κ3) is 6.18. The number of piperidine rings is 1. The number of nitrogens with two attached hydrogens (primary N) is 1. The highest BCUT2D eigenvalue weighted by Gasteiger charge is 2.29. The Morgan fingerprint density at radius 1 is 1.07 bits per heavy atom. The molecule has 3 rings (SSSR count). The van der Waals surface area contributed by atoms with E-state index in [4.69, 9.17) is 15.9 Å². The summed E-state index contributed by atoms with van der Waals surface area (Å²) in [5, 5.41) is 7.51. The zero-order valence-corrected chi connectivity index (χ0v) is 18.0. The van der Waals surface area contributed by atoms with Crippen molar-refractivity contribution < 1.29 is 9.53 Å².